The Morgan fingerprint density at radius 1 is 0.967 bits per heavy atom. The van der Waals surface area contributed by atoms with Gasteiger partial charge >= 0.3 is 5.97 Å². The minimum atomic E-state index is -3.67. The maximum atomic E-state index is 12.8. The zero-order chi connectivity index (χ0) is 21.7. The molecule has 1 saturated heterocycles. The maximum Gasteiger partial charge on any atom is 0.338 e. The highest BCUT2D eigenvalue weighted by Crippen LogP contribution is 2.22. The first kappa shape index (κ1) is 22.0. The van der Waals surface area contributed by atoms with Gasteiger partial charge in [0.25, 0.3) is 0 Å². The number of carbonyl (C=O) groups is 2. The van der Waals surface area contributed by atoms with Crippen molar-refractivity contribution in [3.05, 3.63) is 59.7 Å². The van der Waals surface area contributed by atoms with E-state index in [-0.39, 0.29) is 16.2 Å². The summed E-state index contributed by atoms with van der Waals surface area (Å²) in [6.07, 6.45) is 1.64. The van der Waals surface area contributed by atoms with Gasteiger partial charge in [-0.25, -0.2) is 13.2 Å². The first-order chi connectivity index (χ1) is 14.3. The van der Waals surface area contributed by atoms with Gasteiger partial charge in [-0.2, -0.15) is 4.31 Å². The number of ketones is 1. The molecule has 1 atom stereocenters. The van der Waals surface area contributed by atoms with Crippen molar-refractivity contribution in [2.24, 2.45) is 0 Å². The monoisotopic (exact) mass is 431 g/mol. The molecule has 0 aromatic heterocycles. The number of hydrogen-bond acceptors (Lipinski definition) is 6. The molecule has 1 fully saturated rings. The van der Waals surface area contributed by atoms with Crippen LogP contribution in [0.25, 0.3) is 0 Å². The number of Topliss-reactive ketones (excluding diaryl/α,β-unsaturated/α-hetero) is 1. The second kappa shape index (κ2) is 9.40. The van der Waals surface area contributed by atoms with Crippen LogP contribution in [0.4, 0.5) is 0 Å². The number of nitrogens with zero attached hydrogens (tertiary/aromatic N) is 1. The van der Waals surface area contributed by atoms with Gasteiger partial charge in [-0.3, -0.25) is 4.79 Å². The minimum absolute atomic E-state index is 0.0491. The molecule has 1 aliphatic heterocycles. The molecule has 8 heteroatoms. The molecule has 0 spiro atoms. The third-order valence-corrected chi connectivity index (χ3v) is 6.94. The standard InChI is InChI=1S/C22H25NO6S/c1-16(21(24)17-9-11-19(28-2)12-10-17)29-22(25)18-7-6-8-20(15-18)30(26,27)23-13-4-3-5-14-23/h6-12,15-16H,3-5,13-14H2,1-2H3. The lowest BCUT2D eigenvalue weighted by Crippen LogP contribution is -2.35. The van der Waals surface area contributed by atoms with E-state index in [1.54, 1.807) is 24.3 Å². The van der Waals surface area contributed by atoms with Crippen molar-refractivity contribution in [3.8, 4) is 5.75 Å². The molecule has 7 nitrogen and oxygen atoms in total. The van der Waals surface area contributed by atoms with Crippen molar-refractivity contribution in [1.82, 2.24) is 4.31 Å². The van der Waals surface area contributed by atoms with Crippen LogP contribution in [0.3, 0.4) is 0 Å². The summed E-state index contributed by atoms with van der Waals surface area (Å²) < 4.78 is 37.5. The van der Waals surface area contributed by atoms with Gasteiger partial charge in [-0.15, -0.1) is 0 Å². The van der Waals surface area contributed by atoms with E-state index in [1.165, 1.54) is 42.6 Å². The van der Waals surface area contributed by atoms with Gasteiger partial charge in [0.2, 0.25) is 15.8 Å². The molecule has 0 N–H and O–H groups in total. The SMILES string of the molecule is COc1ccc(C(=O)C(C)OC(=O)c2cccc(S(=O)(=O)N3CCCCC3)c2)cc1. The molecule has 0 aliphatic carbocycles. The van der Waals surface area contributed by atoms with Crippen LogP contribution in [0.15, 0.2) is 53.4 Å². The molecule has 3 rings (SSSR count). The zero-order valence-electron chi connectivity index (χ0n) is 17.0. The van der Waals surface area contributed by atoms with E-state index < -0.39 is 22.1 Å². The summed E-state index contributed by atoms with van der Waals surface area (Å²) in [4.78, 5) is 25.1. The lowest BCUT2D eigenvalue weighted by atomic mass is 10.1. The highest BCUT2D eigenvalue weighted by Gasteiger charge is 2.27. The fourth-order valence-electron chi connectivity index (χ4n) is 3.31. The molecular weight excluding hydrogens is 406 g/mol. The van der Waals surface area contributed by atoms with Crippen LogP contribution < -0.4 is 4.74 Å². The number of benzene rings is 2. The largest absolute Gasteiger partial charge is 0.497 e. The third kappa shape index (κ3) is 4.88. The normalized spacial score (nSPS) is 15.9. The summed E-state index contributed by atoms with van der Waals surface area (Å²) >= 11 is 0. The summed E-state index contributed by atoms with van der Waals surface area (Å²) in [5, 5.41) is 0. The summed E-state index contributed by atoms with van der Waals surface area (Å²) in [5.74, 6) is -0.494. The Bertz CT molecular complexity index is 1010. The topological polar surface area (TPSA) is 90.0 Å². The van der Waals surface area contributed by atoms with E-state index >= 15 is 0 Å². The fourth-order valence-corrected chi connectivity index (χ4v) is 4.87. The Labute approximate surface area is 176 Å². The lowest BCUT2D eigenvalue weighted by Gasteiger charge is -2.26. The van der Waals surface area contributed by atoms with Crippen molar-refractivity contribution in [2.45, 2.75) is 37.2 Å². The van der Waals surface area contributed by atoms with Crippen LogP contribution in [0.5, 0.6) is 5.75 Å². The molecule has 0 radical (unpaired) electrons. The van der Waals surface area contributed by atoms with Crippen molar-refractivity contribution in [1.29, 1.82) is 0 Å². The first-order valence-corrected chi connectivity index (χ1v) is 11.3. The molecular formula is C22H25NO6S. The Balaban J connectivity index is 1.72. The smallest absolute Gasteiger partial charge is 0.338 e. The molecule has 160 valence electrons. The predicted octanol–water partition coefficient (Wildman–Crippen LogP) is 3.30. The van der Waals surface area contributed by atoms with Crippen LogP contribution in [-0.4, -0.2) is 50.8 Å². The molecule has 1 unspecified atom stereocenters. The lowest BCUT2D eigenvalue weighted by molar-refractivity contribution is 0.0318. The van der Waals surface area contributed by atoms with Gasteiger partial charge in [0.1, 0.15) is 5.75 Å². The van der Waals surface area contributed by atoms with Gasteiger partial charge in [0.15, 0.2) is 6.10 Å². The van der Waals surface area contributed by atoms with Gasteiger partial charge in [0.05, 0.1) is 17.6 Å². The number of methoxy groups -OCH3 is 1. The van der Waals surface area contributed by atoms with E-state index in [2.05, 4.69) is 0 Å². The summed E-state index contributed by atoms with van der Waals surface area (Å²) in [6.45, 7) is 2.44. The quantitative estimate of drug-likeness (QED) is 0.494. The first-order valence-electron chi connectivity index (χ1n) is 9.82. The van der Waals surface area contributed by atoms with E-state index in [0.29, 0.717) is 24.4 Å². The molecule has 2 aromatic carbocycles. The Kier molecular flexibility index (Phi) is 6.89. The fraction of sp³-hybridized carbons (Fsp3) is 0.364. The molecule has 1 heterocycles. The predicted molar refractivity (Wildman–Crippen MR) is 111 cm³/mol. The number of rotatable bonds is 7. The number of carbonyl (C=O) groups excluding carboxylic acids is 2. The molecule has 2 aromatic rings. The molecule has 0 saturated carbocycles. The second-order valence-electron chi connectivity index (χ2n) is 7.13. The van der Waals surface area contributed by atoms with Crippen LogP contribution in [0.2, 0.25) is 0 Å². The van der Waals surface area contributed by atoms with Crippen molar-refractivity contribution >= 4 is 21.8 Å². The van der Waals surface area contributed by atoms with Crippen LogP contribution in [0, 0.1) is 0 Å². The zero-order valence-corrected chi connectivity index (χ0v) is 17.9. The van der Waals surface area contributed by atoms with Crippen LogP contribution in [-0.2, 0) is 14.8 Å². The number of piperidine rings is 1. The third-order valence-electron chi connectivity index (χ3n) is 5.05. The van der Waals surface area contributed by atoms with Crippen molar-refractivity contribution < 1.29 is 27.5 Å². The van der Waals surface area contributed by atoms with Crippen molar-refractivity contribution in [3.63, 3.8) is 0 Å². The number of hydrogen-bond donors (Lipinski definition) is 0. The van der Waals surface area contributed by atoms with E-state index in [0.717, 1.165) is 19.3 Å². The maximum absolute atomic E-state index is 12.8. The van der Waals surface area contributed by atoms with Gasteiger partial charge in [-0.05, 0) is 62.2 Å². The second-order valence-corrected chi connectivity index (χ2v) is 9.07. The number of esters is 1. The summed E-state index contributed by atoms with van der Waals surface area (Å²) in [7, 11) is -2.14. The number of ether oxygens (including phenoxy) is 2. The molecule has 1 aliphatic rings. The number of sulfonamides is 1. The van der Waals surface area contributed by atoms with E-state index in [9.17, 15) is 18.0 Å². The molecule has 30 heavy (non-hydrogen) atoms. The van der Waals surface area contributed by atoms with Crippen LogP contribution in [0.1, 0.15) is 46.9 Å². The average molecular weight is 432 g/mol. The minimum Gasteiger partial charge on any atom is -0.497 e. The van der Waals surface area contributed by atoms with Gasteiger partial charge in [0, 0.05) is 18.7 Å². The van der Waals surface area contributed by atoms with Crippen LogP contribution >= 0.6 is 0 Å². The molecule has 0 bridgehead atoms. The van der Waals surface area contributed by atoms with E-state index in [4.69, 9.17) is 9.47 Å². The highest BCUT2D eigenvalue weighted by atomic mass is 32.2. The molecule has 0 amide bonds. The Morgan fingerprint density at radius 3 is 2.27 bits per heavy atom. The van der Waals surface area contributed by atoms with Crippen molar-refractivity contribution in [2.75, 3.05) is 20.2 Å². The van der Waals surface area contributed by atoms with Gasteiger partial charge < -0.3 is 9.47 Å². The summed E-state index contributed by atoms with van der Waals surface area (Å²) in [6, 6.07) is 12.2. The van der Waals surface area contributed by atoms with E-state index in [1.807, 2.05) is 0 Å². The Hall–Kier alpha value is -2.71. The Morgan fingerprint density at radius 2 is 1.63 bits per heavy atom. The highest BCUT2D eigenvalue weighted by molar-refractivity contribution is 7.89. The van der Waals surface area contributed by atoms with Gasteiger partial charge in [-0.1, -0.05) is 12.5 Å². The average Bonchev–Trinajstić information content (AvgIpc) is 2.79. The summed E-state index contributed by atoms with van der Waals surface area (Å²) in [5.41, 5.74) is 0.472.